The van der Waals surface area contributed by atoms with Gasteiger partial charge in [-0.05, 0) is 44.0 Å². The lowest BCUT2D eigenvalue weighted by Gasteiger charge is -2.16. The number of amides is 3. The molecule has 0 bridgehead atoms. The second kappa shape index (κ2) is 8.68. The number of para-hydroxylation sites is 1. The van der Waals surface area contributed by atoms with Crippen LogP contribution in [0.1, 0.15) is 46.0 Å². The topological polar surface area (TPSA) is 92.8 Å². The monoisotopic (exact) mass is 394 g/mol. The first-order valence-electron chi connectivity index (χ1n) is 9.39. The van der Waals surface area contributed by atoms with Crippen molar-refractivity contribution in [3.63, 3.8) is 0 Å². The molecule has 3 amide bonds. The summed E-state index contributed by atoms with van der Waals surface area (Å²) in [4.78, 5) is 50.0. The average molecular weight is 394 g/mol. The third kappa shape index (κ3) is 4.51. The first-order valence-corrected chi connectivity index (χ1v) is 9.39. The molecular formula is C22H22N2O5. The van der Waals surface area contributed by atoms with Gasteiger partial charge in [0, 0.05) is 18.7 Å². The van der Waals surface area contributed by atoms with E-state index in [0.717, 1.165) is 10.5 Å². The summed E-state index contributed by atoms with van der Waals surface area (Å²) >= 11 is 0. The molecule has 1 aliphatic rings. The van der Waals surface area contributed by atoms with Crippen molar-refractivity contribution in [3.05, 3.63) is 65.2 Å². The van der Waals surface area contributed by atoms with Crippen molar-refractivity contribution in [2.75, 3.05) is 11.9 Å². The Kier molecular flexibility index (Phi) is 6.07. The first kappa shape index (κ1) is 20.3. The zero-order valence-electron chi connectivity index (χ0n) is 16.3. The van der Waals surface area contributed by atoms with Crippen LogP contribution in [0.4, 0.5) is 5.69 Å². The third-order valence-corrected chi connectivity index (χ3v) is 4.72. The molecule has 7 heteroatoms. The molecule has 0 radical (unpaired) electrons. The summed E-state index contributed by atoms with van der Waals surface area (Å²) in [6.45, 7) is 3.48. The van der Waals surface area contributed by atoms with Crippen LogP contribution >= 0.6 is 0 Å². The van der Waals surface area contributed by atoms with Gasteiger partial charge in [0.25, 0.3) is 17.7 Å². The Morgan fingerprint density at radius 1 is 1.00 bits per heavy atom. The van der Waals surface area contributed by atoms with Gasteiger partial charge in [-0.3, -0.25) is 24.1 Å². The molecule has 0 saturated heterocycles. The van der Waals surface area contributed by atoms with Crippen LogP contribution in [0.2, 0.25) is 0 Å². The van der Waals surface area contributed by atoms with Crippen LogP contribution < -0.4 is 5.32 Å². The van der Waals surface area contributed by atoms with E-state index >= 15 is 0 Å². The van der Waals surface area contributed by atoms with E-state index in [1.165, 1.54) is 6.92 Å². The number of imide groups is 1. The number of hydrogen-bond donors (Lipinski definition) is 1. The molecule has 0 spiro atoms. The molecule has 1 unspecified atom stereocenters. The smallest absolute Gasteiger partial charge is 0.306 e. The number of fused-ring (bicyclic) bond motifs is 1. The first-order chi connectivity index (χ1) is 13.9. The summed E-state index contributed by atoms with van der Waals surface area (Å²) < 4.78 is 5.17. The number of esters is 1. The second-order valence-corrected chi connectivity index (χ2v) is 6.85. The number of benzene rings is 2. The molecule has 2 aromatic rings. The van der Waals surface area contributed by atoms with Crippen LogP contribution in [-0.4, -0.2) is 41.2 Å². The van der Waals surface area contributed by atoms with Crippen molar-refractivity contribution >= 4 is 29.4 Å². The minimum absolute atomic E-state index is 0.00457. The lowest BCUT2D eigenvalue weighted by molar-refractivity contribution is -0.153. The second-order valence-electron chi connectivity index (χ2n) is 6.85. The molecule has 1 aliphatic heterocycles. The highest BCUT2D eigenvalue weighted by atomic mass is 16.5. The van der Waals surface area contributed by atoms with E-state index in [4.69, 9.17) is 4.74 Å². The maximum atomic E-state index is 12.3. The van der Waals surface area contributed by atoms with Crippen molar-refractivity contribution < 1.29 is 23.9 Å². The minimum Gasteiger partial charge on any atom is -0.453 e. The molecule has 0 fully saturated rings. The van der Waals surface area contributed by atoms with Crippen LogP contribution in [0.3, 0.4) is 0 Å². The van der Waals surface area contributed by atoms with E-state index in [2.05, 4.69) is 5.32 Å². The number of nitrogens with one attached hydrogen (secondary N) is 1. The Morgan fingerprint density at radius 2 is 1.59 bits per heavy atom. The molecule has 150 valence electrons. The normalized spacial score (nSPS) is 13.8. The molecule has 0 saturated carbocycles. The molecule has 0 aliphatic carbocycles. The average Bonchev–Trinajstić information content (AvgIpc) is 2.94. The standard InChI is InChI=1S/C22H22N2O5/c1-14-8-3-6-11-18(14)23-20(26)15(2)29-19(25)12-7-13-24-21(27)16-9-4-5-10-17(16)22(24)28/h3-6,8-11,15H,7,12-13H2,1-2H3,(H,23,26). The van der Waals surface area contributed by atoms with Crippen LogP contribution in [0, 0.1) is 6.92 Å². The van der Waals surface area contributed by atoms with Crippen molar-refractivity contribution in [3.8, 4) is 0 Å². The number of anilines is 1. The van der Waals surface area contributed by atoms with Crippen molar-refractivity contribution in [2.45, 2.75) is 32.8 Å². The maximum absolute atomic E-state index is 12.3. The Hall–Kier alpha value is -3.48. The highest BCUT2D eigenvalue weighted by Crippen LogP contribution is 2.22. The Bertz CT molecular complexity index is 934. The van der Waals surface area contributed by atoms with E-state index in [-0.39, 0.29) is 31.2 Å². The van der Waals surface area contributed by atoms with Crippen LogP contribution in [0.5, 0.6) is 0 Å². The highest BCUT2D eigenvalue weighted by molar-refractivity contribution is 6.21. The fraction of sp³-hybridized carbons (Fsp3) is 0.273. The van der Waals surface area contributed by atoms with Crippen molar-refractivity contribution in [1.29, 1.82) is 0 Å². The van der Waals surface area contributed by atoms with Crippen molar-refractivity contribution in [2.24, 2.45) is 0 Å². The Morgan fingerprint density at radius 3 is 2.21 bits per heavy atom. The van der Waals surface area contributed by atoms with Crippen LogP contribution in [0.25, 0.3) is 0 Å². The van der Waals surface area contributed by atoms with Gasteiger partial charge in [-0.25, -0.2) is 0 Å². The zero-order valence-corrected chi connectivity index (χ0v) is 16.3. The molecule has 29 heavy (non-hydrogen) atoms. The van der Waals surface area contributed by atoms with Crippen LogP contribution in [0.15, 0.2) is 48.5 Å². The number of aryl methyl sites for hydroxylation is 1. The number of ether oxygens (including phenoxy) is 1. The number of carbonyl (C=O) groups is 4. The number of rotatable bonds is 7. The predicted octanol–water partition coefficient (Wildman–Crippen LogP) is 2.94. The number of nitrogens with zero attached hydrogens (tertiary/aromatic N) is 1. The Balaban J connectivity index is 1.45. The van der Waals surface area contributed by atoms with Crippen LogP contribution in [-0.2, 0) is 14.3 Å². The molecule has 1 N–H and O–H groups in total. The molecular weight excluding hydrogens is 372 g/mol. The summed E-state index contributed by atoms with van der Waals surface area (Å²) in [6.07, 6.45) is -0.701. The lowest BCUT2D eigenvalue weighted by atomic mass is 10.1. The van der Waals surface area contributed by atoms with E-state index < -0.39 is 18.0 Å². The third-order valence-electron chi connectivity index (χ3n) is 4.72. The minimum atomic E-state index is -0.957. The van der Waals surface area contributed by atoms with E-state index in [1.54, 1.807) is 36.4 Å². The largest absolute Gasteiger partial charge is 0.453 e. The zero-order chi connectivity index (χ0) is 21.0. The molecule has 7 nitrogen and oxygen atoms in total. The quantitative estimate of drug-likeness (QED) is 0.576. The lowest BCUT2D eigenvalue weighted by Crippen LogP contribution is -2.32. The van der Waals surface area contributed by atoms with Gasteiger partial charge in [0.05, 0.1) is 11.1 Å². The summed E-state index contributed by atoms with van der Waals surface area (Å²) in [6, 6.07) is 13.9. The molecule has 1 atom stereocenters. The summed E-state index contributed by atoms with van der Waals surface area (Å²) in [7, 11) is 0. The van der Waals surface area contributed by atoms with Gasteiger partial charge < -0.3 is 10.1 Å². The SMILES string of the molecule is Cc1ccccc1NC(=O)C(C)OC(=O)CCCN1C(=O)c2ccccc2C1=O. The van der Waals surface area contributed by atoms with Gasteiger partial charge in [0.15, 0.2) is 6.10 Å². The molecule has 3 rings (SSSR count). The molecule has 2 aromatic carbocycles. The maximum Gasteiger partial charge on any atom is 0.306 e. The fourth-order valence-electron chi connectivity index (χ4n) is 3.08. The van der Waals surface area contributed by atoms with E-state index in [0.29, 0.717) is 16.8 Å². The predicted molar refractivity (Wildman–Crippen MR) is 106 cm³/mol. The molecule has 1 heterocycles. The van der Waals surface area contributed by atoms with Gasteiger partial charge in [-0.2, -0.15) is 0 Å². The van der Waals surface area contributed by atoms with E-state index in [1.807, 2.05) is 19.1 Å². The van der Waals surface area contributed by atoms with Gasteiger partial charge in [0.2, 0.25) is 0 Å². The van der Waals surface area contributed by atoms with Gasteiger partial charge in [0.1, 0.15) is 0 Å². The van der Waals surface area contributed by atoms with E-state index in [9.17, 15) is 19.2 Å². The van der Waals surface area contributed by atoms with Gasteiger partial charge in [-0.1, -0.05) is 30.3 Å². The Labute approximate surface area is 168 Å². The fourth-order valence-corrected chi connectivity index (χ4v) is 3.08. The number of carbonyl (C=O) groups excluding carboxylic acids is 4. The molecule has 0 aromatic heterocycles. The van der Waals surface area contributed by atoms with Crippen molar-refractivity contribution in [1.82, 2.24) is 4.90 Å². The highest BCUT2D eigenvalue weighted by Gasteiger charge is 2.34. The number of hydrogen-bond acceptors (Lipinski definition) is 5. The van der Waals surface area contributed by atoms with Gasteiger partial charge in [-0.15, -0.1) is 0 Å². The summed E-state index contributed by atoms with van der Waals surface area (Å²) in [5.41, 5.74) is 2.31. The summed E-state index contributed by atoms with van der Waals surface area (Å²) in [5.74, 6) is -1.70. The van der Waals surface area contributed by atoms with Gasteiger partial charge >= 0.3 is 5.97 Å². The summed E-state index contributed by atoms with van der Waals surface area (Å²) in [5, 5.41) is 2.72.